The highest BCUT2D eigenvalue weighted by atomic mass is 16.3. The van der Waals surface area contributed by atoms with E-state index in [2.05, 4.69) is 23.6 Å². The summed E-state index contributed by atoms with van der Waals surface area (Å²) < 4.78 is 0. The predicted molar refractivity (Wildman–Crippen MR) is 52.7 cm³/mol. The molecule has 2 bridgehead atoms. The molecule has 76 valence electrons. The van der Waals surface area contributed by atoms with Gasteiger partial charge in [0.1, 0.15) is 0 Å². The minimum atomic E-state index is -0.134. The molecule has 3 rings (SSSR count). The molecule has 3 aliphatic rings. The Morgan fingerprint density at radius 1 is 1.38 bits per heavy atom. The fourth-order valence-electron chi connectivity index (χ4n) is 2.69. The number of aliphatic hydroxyl groups is 1. The predicted octanol–water partition coefficient (Wildman–Crippen LogP) is 0.146. The second kappa shape index (κ2) is 3.56. The molecule has 5 atom stereocenters. The van der Waals surface area contributed by atoms with Crippen molar-refractivity contribution in [1.29, 1.82) is 0 Å². The smallest absolute Gasteiger partial charge is 0.0705 e. The topological polar surface area (TPSA) is 26.7 Å². The maximum absolute atomic E-state index is 9.85. The zero-order valence-corrected chi connectivity index (χ0v) is 8.61. The first kappa shape index (κ1) is 9.44. The Hall–Kier alpha value is -0.120. The van der Waals surface area contributed by atoms with Crippen molar-refractivity contribution in [2.24, 2.45) is 0 Å². The molecule has 0 radical (unpaired) electrons. The molecule has 3 aliphatic heterocycles. The van der Waals surface area contributed by atoms with Crippen LogP contribution in [0, 0.1) is 0 Å². The van der Waals surface area contributed by atoms with Gasteiger partial charge < -0.3 is 5.11 Å². The molecular weight excluding hydrogens is 164 g/mol. The third-order valence-corrected chi connectivity index (χ3v) is 3.50. The van der Waals surface area contributed by atoms with Crippen LogP contribution in [0.5, 0.6) is 0 Å². The van der Waals surface area contributed by atoms with Gasteiger partial charge in [-0.2, -0.15) is 0 Å². The van der Waals surface area contributed by atoms with E-state index in [1.807, 2.05) is 0 Å². The molecule has 0 aromatic carbocycles. The molecule has 0 spiro atoms. The number of hydrogen-bond donors (Lipinski definition) is 1. The van der Waals surface area contributed by atoms with Crippen LogP contribution in [0.15, 0.2) is 0 Å². The van der Waals surface area contributed by atoms with Gasteiger partial charge in [0.2, 0.25) is 0 Å². The number of fused-ring (bicyclic) bond motifs is 3. The van der Waals surface area contributed by atoms with Gasteiger partial charge >= 0.3 is 0 Å². The molecule has 5 unspecified atom stereocenters. The summed E-state index contributed by atoms with van der Waals surface area (Å²) in [6.07, 6.45) is 0.743. The minimum Gasteiger partial charge on any atom is -0.391 e. The minimum absolute atomic E-state index is 0.134. The lowest BCUT2D eigenvalue weighted by atomic mass is 9.97. The zero-order chi connectivity index (χ0) is 9.42. The van der Waals surface area contributed by atoms with Gasteiger partial charge in [-0.3, -0.25) is 9.80 Å². The molecule has 0 saturated carbocycles. The van der Waals surface area contributed by atoms with E-state index < -0.39 is 0 Å². The van der Waals surface area contributed by atoms with Crippen molar-refractivity contribution >= 4 is 0 Å². The first-order valence-electron chi connectivity index (χ1n) is 5.38. The molecule has 13 heavy (non-hydrogen) atoms. The van der Waals surface area contributed by atoms with E-state index in [1.54, 1.807) is 0 Å². The van der Waals surface area contributed by atoms with E-state index >= 15 is 0 Å². The summed E-state index contributed by atoms with van der Waals surface area (Å²) in [5.74, 6) is 0. The highest BCUT2D eigenvalue weighted by Gasteiger charge is 2.39. The second-order valence-corrected chi connectivity index (χ2v) is 4.39. The largest absolute Gasteiger partial charge is 0.391 e. The number of rotatable bonds is 2. The highest BCUT2D eigenvalue weighted by Crippen LogP contribution is 2.23. The van der Waals surface area contributed by atoms with Crippen LogP contribution >= 0.6 is 0 Å². The van der Waals surface area contributed by atoms with E-state index in [9.17, 15) is 5.11 Å². The average molecular weight is 184 g/mol. The standard InChI is InChI=1S/C10H20N2O/c1-3-10(13)9-7-11-4-5-12(9)8(2)6-11/h8-10,13H,3-7H2,1-2H3. The summed E-state index contributed by atoms with van der Waals surface area (Å²) in [6, 6.07) is 1.02. The maximum Gasteiger partial charge on any atom is 0.0705 e. The fraction of sp³-hybridized carbons (Fsp3) is 1.00. The Kier molecular flexibility index (Phi) is 2.58. The van der Waals surface area contributed by atoms with Gasteiger partial charge in [-0.05, 0) is 13.3 Å². The summed E-state index contributed by atoms with van der Waals surface area (Å²) in [5, 5.41) is 9.85. The molecule has 3 saturated heterocycles. The summed E-state index contributed by atoms with van der Waals surface area (Å²) in [6.45, 7) is 8.92. The van der Waals surface area contributed by atoms with Gasteiger partial charge in [0.25, 0.3) is 0 Å². The van der Waals surface area contributed by atoms with Gasteiger partial charge in [0.15, 0.2) is 0 Å². The summed E-state index contributed by atoms with van der Waals surface area (Å²) in [4.78, 5) is 4.96. The van der Waals surface area contributed by atoms with Gasteiger partial charge in [-0.15, -0.1) is 0 Å². The molecule has 3 nitrogen and oxygen atoms in total. The fourth-order valence-corrected chi connectivity index (χ4v) is 2.69. The molecule has 0 aromatic heterocycles. The van der Waals surface area contributed by atoms with Crippen molar-refractivity contribution in [3.8, 4) is 0 Å². The summed E-state index contributed by atoms with van der Waals surface area (Å²) in [5.41, 5.74) is 0. The average Bonchev–Trinajstić information content (AvgIpc) is 2.17. The van der Waals surface area contributed by atoms with Crippen molar-refractivity contribution in [2.75, 3.05) is 26.2 Å². The number of nitrogens with zero attached hydrogens (tertiary/aromatic N) is 2. The Bertz CT molecular complexity index is 186. The first-order chi connectivity index (χ1) is 6.22. The third-order valence-electron chi connectivity index (χ3n) is 3.50. The van der Waals surface area contributed by atoms with Crippen LogP contribution in [0.1, 0.15) is 20.3 Å². The molecule has 3 heteroatoms. The summed E-state index contributed by atoms with van der Waals surface area (Å²) >= 11 is 0. The van der Waals surface area contributed by atoms with Crippen LogP contribution in [0.4, 0.5) is 0 Å². The van der Waals surface area contributed by atoms with E-state index in [1.165, 1.54) is 13.1 Å². The van der Waals surface area contributed by atoms with Crippen LogP contribution in [-0.2, 0) is 0 Å². The molecular formula is C10H20N2O. The molecule has 3 heterocycles. The Labute approximate surface area is 80.3 Å². The number of aliphatic hydroxyl groups excluding tert-OH is 1. The van der Waals surface area contributed by atoms with E-state index in [0.717, 1.165) is 19.5 Å². The molecule has 0 aromatic rings. The van der Waals surface area contributed by atoms with Gasteiger partial charge in [-0.25, -0.2) is 0 Å². The van der Waals surface area contributed by atoms with E-state index in [0.29, 0.717) is 12.1 Å². The highest BCUT2D eigenvalue weighted by molar-refractivity contribution is 4.95. The van der Waals surface area contributed by atoms with Crippen LogP contribution in [0.3, 0.4) is 0 Å². The third kappa shape index (κ3) is 1.60. The second-order valence-electron chi connectivity index (χ2n) is 4.39. The van der Waals surface area contributed by atoms with Gasteiger partial charge in [0, 0.05) is 38.3 Å². The molecule has 0 amide bonds. The Balaban J connectivity index is 2.05. The zero-order valence-electron chi connectivity index (χ0n) is 8.61. The van der Waals surface area contributed by atoms with Crippen molar-refractivity contribution in [3.63, 3.8) is 0 Å². The first-order valence-corrected chi connectivity index (χ1v) is 5.38. The van der Waals surface area contributed by atoms with Crippen molar-refractivity contribution in [3.05, 3.63) is 0 Å². The maximum atomic E-state index is 9.85. The lowest BCUT2D eigenvalue weighted by Gasteiger charge is -2.52. The lowest BCUT2D eigenvalue weighted by molar-refractivity contribution is -0.0744. The van der Waals surface area contributed by atoms with Crippen LogP contribution in [-0.4, -0.2) is 59.3 Å². The van der Waals surface area contributed by atoms with Crippen LogP contribution in [0.2, 0.25) is 0 Å². The summed E-state index contributed by atoms with van der Waals surface area (Å²) in [7, 11) is 0. The van der Waals surface area contributed by atoms with Crippen molar-refractivity contribution < 1.29 is 5.11 Å². The Morgan fingerprint density at radius 3 is 2.69 bits per heavy atom. The Morgan fingerprint density at radius 2 is 2.15 bits per heavy atom. The monoisotopic (exact) mass is 184 g/mol. The quantitative estimate of drug-likeness (QED) is 0.661. The van der Waals surface area contributed by atoms with Crippen LogP contribution in [0.25, 0.3) is 0 Å². The van der Waals surface area contributed by atoms with Gasteiger partial charge in [-0.1, -0.05) is 6.92 Å². The van der Waals surface area contributed by atoms with E-state index in [-0.39, 0.29) is 6.10 Å². The van der Waals surface area contributed by atoms with Crippen LogP contribution < -0.4 is 0 Å². The SMILES string of the molecule is CCC(O)C1CN2CCN1C(C)C2. The molecule has 0 aliphatic carbocycles. The normalized spacial score (nSPS) is 46.4. The number of hydrogen-bond acceptors (Lipinski definition) is 3. The molecule has 1 N–H and O–H groups in total. The van der Waals surface area contributed by atoms with Crippen molar-refractivity contribution in [1.82, 2.24) is 9.80 Å². The molecule has 3 fully saturated rings. The van der Waals surface area contributed by atoms with E-state index in [4.69, 9.17) is 0 Å². The number of piperazine rings is 3. The lowest BCUT2D eigenvalue weighted by Crippen LogP contribution is -2.67. The van der Waals surface area contributed by atoms with Crippen molar-refractivity contribution in [2.45, 2.75) is 38.5 Å². The van der Waals surface area contributed by atoms with Gasteiger partial charge in [0.05, 0.1) is 6.10 Å².